The Kier molecular flexibility index (Phi) is 7.31. The van der Waals surface area contributed by atoms with Crippen molar-refractivity contribution >= 4 is 17.7 Å². The molecule has 0 saturated carbocycles. The average molecular weight is 361 g/mol. The van der Waals surface area contributed by atoms with E-state index in [-0.39, 0.29) is 11.7 Å². The Labute approximate surface area is 153 Å². The van der Waals surface area contributed by atoms with E-state index in [1.165, 1.54) is 6.07 Å². The number of hydrogen-bond acceptors (Lipinski definition) is 3. The Bertz CT molecular complexity index is 700. The molecule has 134 valence electrons. The molecule has 2 aromatic carbocycles. The van der Waals surface area contributed by atoms with Gasteiger partial charge in [0.25, 0.3) is 5.91 Å². The SMILES string of the molecule is Cc1cc(C)cc(O[C@H](C)C(=O)NCCSCc2ccccc2F)c1. The Hall–Kier alpha value is -2.01. The minimum Gasteiger partial charge on any atom is -0.481 e. The van der Waals surface area contributed by atoms with Gasteiger partial charge in [0, 0.05) is 18.1 Å². The van der Waals surface area contributed by atoms with Gasteiger partial charge in [0.15, 0.2) is 6.10 Å². The molecular formula is C20H24FNO2S. The molecule has 0 fully saturated rings. The largest absolute Gasteiger partial charge is 0.481 e. The molecule has 0 unspecified atom stereocenters. The topological polar surface area (TPSA) is 38.3 Å². The summed E-state index contributed by atoms with van der Waals surface area (Å²) in [7, 11) is 0. The number of thioether (sulfide) groups is 1. The van der Waals surface area contributed by atoms with E-state index in [2.05, 4.69) is 11.4 Å². The van der Waals surface area contributed by atoms with Gasteiger partial charge < -0.3 is 10.1 Å². The lowest BCUT2D eigenvalue weighted by molar-refractivity contribution is -0.127. The van der Waals surface area contributed by atoms with Crippen molar-refractivity contribution in [2.75, 3.05) is 12.3 Å². The van der Waals surface area contributed by atoms with Gasteiger partial charge in [-0.15, -0.1) is 0 Å². The third kappa shape index (κ3) is 6.42. The molecule has 2 rings (SSSR count). The van der Waals surface area contributed by atoms with Gasteiger partial charge in [0.1, 0.15) is 11.6 Å². The monoisotopic (exact) mass is 361 g/mol. The third-order valence-electron chi connectivity index (χ3n) is 3.64. The second kappa shape index (κ2) is 9.47. The molecule has 0 bridgehead atoms. The van der Waals surface area contributed by atoms with E-state index < -0.39 is 6.10 Å². The van der Waals surface area contributed by atoms with E-state index in [9.17, 15) is 9.18 Å². The molecule has 3 nitrogen and oxygen atoms in total. The van der Waals surface area contributed by atoms with Crippen LogP contribution in [0.5, 0.6) is 5.75 Å². The highest BCUT2D eigenvalue weighted by Gasteiger charge is 2.14. The van der Waals surface area contributed by atoms with E-state index >= 15 is 0 Å². The second-order valence-corrected chi connectivity index (χ2v) is 7.12. The van der Waals surface area contributed by atoms with Gasteiger partial charge in [-0.3, -0.25) is 4.79 Å². The summed E-state index contributed by atoms with van der Waals surface area (Å²) in [6, 6.07) is 12.6. The van der Waals surface area contributed by atoms with Crippen molar-refractivity contribution in [1.29, 1.82) is 0 Å². The van der Waals surface area contributed by atoms with Gasteiger partial charge >= 0.3 is 0 Å². The molecule has 25 heavy (non-hydrogen) atoms. The molecule has 5 heteroatoms. The number of halogens is 1. The first-order valence-corrected chi connectivity index (χ1v) is 9.45. The maximum absolute atomic E-state index is 13.5. The maximum Gasteiger partial charge on any atom is 0.260 e. The lowest BCUT2D eigenvalue weighted by atomic mass is 10.1. The summed E-state index contributed by atoms with van der Waals surface area (Å²) >= 11 is 1.59. The fourth-order valence-electron chi connectivity index (χ4n) is 2.45. The summed E-state index contributed by atoms with van der Waals surface area (Å²) in [5, 5.41) is 2.85. The normalized spacial score (nSPS) is 11.8. The highest BCUT2D eigenvalue weighted by Crippen LogP contribution is 2.18. The molecule has 0 spiro atoms. The van der Waals surface area contributed by atoms with Crippen LogP contribution in [-0.2, 0) is 10.5 Å². The summed E-state index contributed by atoms with van der Waals surface area (Å²) in [5.41, 5.74) is 2.89. The summed E-state index contributed by atoms with van der Waals surface area (Å²) < 4.78 is 19.2. The summed E-state index contributed by atoms with van der Waals surface area (Å²) in [6.45, 7) is 6.26. The van der Waals surface area contributed by atoms with Crippen molar-refractivity contribution in [2.24, 2.45) is 0 Å². The minimum absolute atomic E-state index is 0.148. The minimum atomic E-state index is -0.558. The van der Waals surface area contributed by atoms with Crippen LogP contribution in [0.2, 0.25) is 0 Å². The molecule has 1 N–H and O–H groups in total. The zero-order chi connectivity index (χ0) is 18.2. The Morgan fingerprint density at radius 2 is 1.88 bits per heavy atom. The van der Waals surface area contributed by atoms with Crippen molar-refractivity contribution < 1.29 is 13.9 Å². The predicted octanol–water partition coefficient (Wildman–Crippen LogP) is 4.26. The van der Waals surface area contributed by atoms with Gasteiger partial charge in [-0.2, -0.15) is 11.8 Å². The van der Waals surface area contributed by atoms with Crippen LogP contribution in [0.25, 0.3) is 0 Å². The summed E-state index contributed by atoms with van der Waals surface area (Å²) in [6.07, 6.45) is -0.558. The van der Waals surface area contributed by atoms with Crippen LogP contribution in [0.4, 0.5) is 4.39 Å². The highest BCUT2D eigenvalue weighted by molar-refractivity contribution is 7.98. The molecule has 2 aromatic rings. The number of aryl methyl sites for hydroxylation is 2. The number of ether oxygens (including phenoxy) is 1. The third-order valence-corrected chi connectivity index (χ3v) is 4.65. The quantitative estimate of drug-likeness (QED) is 0.714. The lowest BCUT2D eigenvalue weighted by Gasteiger charge is -2.15. The molecule has 0 aliphatic heterocycles. The summed E-state index contributed by atoms with van der Waals surface area (Å²) in [5.74, 6) is 1.68. The number of benzene rings is 2. The van der Waals surface area contributed by atoms with Gasteiger partial charge in [-0.1, -0.05) is 24.3 Å². The van der Waals surface area contributed by atoms with Crippen LogP contribution in [0.15, 0.2) is 42.5 Å². The second-order valence-electron chi connectivity index (χ2n) is 6.02. The number of rotatable bonds is 8. The fraction of sp³-hybridized carbons (Fsp3) is 0.350. The van der Waals surface area contributed by atoms with Crippen molar-refractivity contribution in [1.82, 2.24) is 5.32 Å². The standard InChI is InChI=1S/C20H24FNO2S/c1-14-10-15(2)12-18(11-14)24-16(3)20(23)22-8-9-25-13-17-6-4-5-7-19(17)21/h4-7,10-12,16H,8-9,13H2,1-3H3,(H,22,23)/t16-/m1/s1. The van der Waals surface area contributed by atoms with Gasteiger partial charge in [0.2, 0.25) is 0 Å². The number of carbonyl (C=O) groups is 1. The van der Waals surface area contributed by atoms with Gasteiger partial charge in [-0.05, 0) is 55.7 Å². The average Bonchev–Trinajstić information content (AvgIpc) is 2.55. The molecular weight excluding hydrogens is 337 g/mol. The Balaban J connectivity index is 1.70. The van der Waals surface area contributed by atoms with Crippen LogP contribution < -0.4 is 10.1 Å². The van der Waals surface area contributed by atoms with Gasteiger partial charge in [-0.25, -0.2) is 4.39 Å². The van der Waals surface area contributed by atoms with Crippen LogP contribution in [0, 0.1) is 19.7 Å². The molecule has 0 saturated heterocycles. The van der Waals surface area contributed by atoms with Crippen LogP contribution >= 0.6 is 11.8 Å². The van der Waals surface area contributed by atoms with Crippen LogP contribution in [0.1, 0.15) is 23.6 Å². The van der Waals surface area contributed by atoms with Crippen molar-refractivity contribution in [3.63, 3.8) is 0 Å². The molecule has 0 aromatic heterocycles. The Morgan fingerprint density at radius 1 is 1.20 bits per heavy atom. The zero-order valence-corrected chi connectivity index (χ0v) is 15.7. The van der Waals surface area contributed by atoms with Crippen molar-refractivity contribution in [3.8, 4) is 5.75 Å². The first kappa shape index (κ1) is 19.3. The van der Waals surface area contributed by atoms with Crippen LogP contribution in [-0.4, -0.2) is 24.3 Å². The smallest absolute Gasteiger partial charge is 0.260 e. The lowest BCUT2D eigenvalue weighted by Crippen LogP contribution is -2.37. The van der Waals surface area contributed by atoms with E-state index in [1.807, 2.05) is 32.0 Å². The maximum atomic E-state index is 13.5. The number of carbonyl (C=O) groups excluding carboxylic acids is 1. The summed E-state index contributed by atoms with van der Waals surface area (Å²) in [4.78, 5) is 12.1. The molecule has 0 aliphatic carbocycles. The Morgan fingerprint density at radius 3 is 2.56 bits per heavy atom. The number of hydrogen-bond donors (Lipinski definition) is 1. The zero-order valence-electron chi connectivity index (χ0n) is 14.8. The molecule has 0 heterocycles. The fourth-order valence-corrected chi connectivity index (χ4v) is 3.29. The molecule has 1 amide bonds. The predicted molar refractivity (Wildman–Crippen MR) is 102 cm³/mol. The van der Waals surface area contributed by atoms with Crippen molar-refractivity contribution in [2.45, 2.75) is 32.6 Å². The first-order chi connectivity index (χ1) is 12.0. The van der Waals surface area contributed by atoms with E-state index in [0.717, 1.165) is 16.9 Å². The number of amides is 1. The van der Waals surface area contributed by atoms with E-state index in [4.69, 9.17) is 4.74 Å². The van der Waals surface area contributed by atoms with Gasteiger partial charge in [0.05, 0.1) is 0 Å². The molecule has 0 radical (unpaired) electrons. The molecule has 0 aliphatic rings. The van der Waals surface area contributed by atoms with Crippen molar-refractivity contribution in [3.05, 3.63) is 65.0 Å². The van der Waals surface area contributed by atoms with E-state index in [1.54, 1.807) is 30.8 Å². The number of nitrogens with one attached hydrogen (secondary N) is 1. The highest BCUT2D eigenvalue weighted by atomic mass is 32.2. The van der Waals surface area contributed by atoms with Crippen LogP contribution in [0.3, 0.4) is 0 Å². The van der Waals surface area contributed by atoms with E-state index in [0.29, 0.717) is 23.6 Å². The molecule has 1 atom stereocenters. The first-order valence-electron chi connectivity index (χ1n) is 8.29.